The van der Waals surface area contributed by atoms with Crippen LogP contribution in [0.3, 0.4) is 0 Å². The highest BCUT2D eigenvalue weighted by Gasteiger charge is 2.20. The summed E-state index contributed by atoms with van der Waals surface area (Å²) >= 11 is 0. The summed E-state index contributed by atoms with van der Waals surface area (Å²) in [7, 11) is 1.65. The van der Waals surface area contributed by atoms with Crippen molar-refractivity contribution in [3.8, 4) is 0 Å². The molecule has 2 amide bonds. The lowest BCUT2D eigenvalue weighted by Crippen LogP contribution is -2.47. The van der Waals surface area contributed by atoms with Crippen molar-refractivity contribution in [2.45, 2.75) is 57.2 Å². The fraction of sp³-hybridized carbons (Fsp3) is 0.917. The van der Waals surface area contributed by atoms with E-state index < -0.39 is 0 Å². The predicted molar refractivity (Wildman–Crippen MR) is 65.9 cm³/mol. The van der Waals surface area contributed by atoms with E-state index in [9.17, 15) is 9.90 Å². The Hall–Kier alpha value is -0.810. The van der Waals surface area contributed by atoms with Crippen LogP contribution in [0.15, 0.2) is 0 Å². The van der Waals surface area contributed by atoms with Gasteiger partial charge in [-0.05, 0) is 39.0 Å². The SMILES string of the molecule is COCCC(C)NC(=O)NC1CCC(O)CC1. The van der Waals surface area contributed by atoms with Gasteiger partial charge in [0.05, 0.1) is 6.10 Å². The lowest BCUT2D eigenvalue weighted by atomic mass is 9.93. The van der Waals surface area contributed by atoms with Crippen LogP contribution in [-0.2, 0) is 4.74 Å². The summed E-state index contributed by atoms with van der Waals surface area (Å²) in [5.41, 5.74) is 0. The van der Waals surface area contributed by atoms with Crippen molar-refractivity contribution in [2.75, 3.05) is 13.7 Å². The van der Waals surface area contributed by atoms with Crippen LogP contribution in [0.25, 0.3) is 0 Å². The molecule has 0 heterocycles. The first-order chi connectivity index (χ1) is 8.11. The van der Waals surface area contributed by atoms with Gasteiger partial charge in [0.1, 0.15) is 0 Å². The topological polar surface area (TPSA) is 70.6 Å². The van der Waals surface area contributed by atoms with Crippen LogP contribution in [0.5, 0.6) is 0 Å². The molecule has 100 valence electrons. The second kappa shape index (κ2) is 7.50. The van der Waals surface area contributed by atoms with Gasteiger partial charge in [-0.25, -0.2) is 4.79 Å². The van der Waals surface area contributed by atoms with E-state index in [0.717, 1.165) is 32.1 Å². The maximum atomic E-state index is 11.6. The Labute approximate surface area is 103 Å². The van der Waals surface area contributed by atoms with Crippen LogP contribution in [0, 0.1) is 0 Å². The maximum absolute atomic E-state index is 11.6. The van der Waals surface area contributed by atoms with E-state index in [2.05, 4.69) is 10.6 Å². The van der Waals surface area contributed by atoms with Gasteiger partial charge in [-0.15, -0.1) is 0 Å². The Morgan fingerprint density at radius 3 is 2.65 bits per heavy atom. The van der Waals surface area contributed by atoms with Crippen molar-refractivity contribution < 1.29 is 14.6 Å². The van der Waals surface area contributed by atoms with Crippen LogP contribution in [0.4, 0.5) is 4.79 Å². The van der Waals surface area contributed by atoms with Crippen LogP contribution >= 0.6 is 0 Å². The van der Waals surface area contributed by atoms with E-state index in [1.165, 1.54) is 0 Å². The summed E-state index contributed by atoms with van der Waals surface area (Å²) in [6, 6.07) is 0.201. The van der Waals surface area contributed by atoms with Gasteiger partial charge in [0.25, 0.3) is 0 Å². The summed E-state index contributed by atoms with van der Waals surface area (Å²) in [4.78, 5) is 11.6. The summed E-state index contributed by atoms with van der Waals surface area (Å²) in [6.45, 7) is 2.61. The van der Waals surface area contributed by atoms with Gasteiger partial charge in [-0.3, -0.25) is 0 Å². The molecule has 0 aromatic rings. The number of ether oxygens (including phenoxy) is 1. The third-order valence-corrected chi connectivity index (χ3v) is 3.16. The molecule has 0 spiro atoms. The van der Waals surface area contributed by atoms with Gasteiger partial charge < -0.3 is 20.5 Å². The Balaban J connectivity index is 2.16. The number of carbonyl (C=O) groups excluding carboxylic acids is 1. The summed E-state index contributed by atoms with van der Waals surface area (Å²) in [5, 5.41) is 15.2. The minimum absolute atomic E-state index is 0.115. The minimum Gasteiger partial charge on any atom is -0.393 e. The Morgan fingerprint density at radius 1 is 1.41 bits per heavy atom. The number of aliphatic hydroxyl groups excluding tert-OH is 1. The summed E-state index contributed by atoms with van der Waals surface area (Å²) in [6.07, 6.45) is 3.92. The summed E-state index contributed by atoms with van der Waals surface area (Å²) in [5.74, 6) is 0. The van der Waals surface area contributed by atoms with Crippen molar-refractivity contribution in [1.82, 2.24) is 10.6 Å². The smallest absolute Gasteiger partial charge is 0.315 e. The zero-order chi connectivity index (χ0) is 12.7. The predicted octanol–water partition coefficient (Wildman–Crippen LogP) is 1.01. The normalized spacial score (nSPS) is 26.3. The Kier molecular flexibility index (Phi) is 6.29. The number of hydrogen-bond acceptors (Lipinski definition) is 3. The molecule has 0 aromatic heterocycles. The largest absolute Gasteiger partial charge is 0.393 e. The molecule has 1 atom stereocenters. The van der Waals surface area contributed by atoms with Gasteiger partial charge in [-0.1, -0.05) is 0 Å². The molecule has 0 aromatic carbocycles. The number of nitrogens with one attached hydrogen (secondary N) is 2. The van der Waals surface area contributed by atoms with E-state index in [4.69, 9.17) is 4.74 Å². The highest BCUT2D eigenvalue weighted by atomic mass is 16.5. The van der Waals surface area contributed by atoms with E-state index in [0.29, 0.717) is 6.61 Å². The quantitative estimate of drug-likeness (QED) is 0.676. The molecule has 5 nitrogen and oxygen atoms in total. The molecule has 0 aliphatic heterocycles. The first kappa shape index (κ1) is 14.3. The molecule has 1 saturated carbocycles. The summed E-state index contributed by atoms with van der Waals surface area (Å²) < 4.78 is 4.96. The van der Waals surface area contributed by atoms with Crippen molar-refractivity contribution in [1.29, 1.82) is 0 Å². The third kappa shape index (κ3) is 5.89. The van der Waals surface area contributed by atoms with Gasteiger partial charge in [0, 0.05) is 25.8 Å². The second-order valence-electron chi connectivity index (χ2n) is 4.81. The molecule has 1 aliphatic carbocycles. The number of rotatable bonds is 5. The Bertz CT molecular complexity index is 228. The van der Waals surface area contributed by atoms with E-state index in [-0.39, 0.29) is 24.2 Å². The van der Waals surface area contributed by atoms with Crippen molar-refractivity contribution in [3.05, 3.63) is 0 Å². The molecular formula is C12H24N2O3. The van der Waals surface area contributed by atoms with Gasteiger partial charge >= 0.3 is 6.03 Å². The molecular weight excluding hydrogens is 220 g/mol. The number of amides is 2. The molecule has 1 aliphatic rings. The van der Waals surface area contributed by atoms with Crippen molar-refractivity contribution in [2.24, 2.45) is 0 Å². The van der Waals surface area contributed by atoms with Crippen LogP contribution in [0.1, 0.15) is 39.0 Å². The average molecular weight is 244 g/mol. The number of urea groups is 1. The van der Waals surface area contributed by atoms with E-state index in [1.54, 1.807) is 7.11 Å². The first-order valence-corrected chi connectivity index (χ1v) is 6.36. The zero-order valence-corrected chi connectivity index (χ0v) is 10.7. The number of hydrogen-bond donors (Lipinski definition) is 3. The molecule has 1 fully saturated rings. The molecule has 1 unspecified atom stereocenters. The van der Waals surface area contributed by atoms with Crippen molar-refractivity contribution in [3.63, 3.8) is 0 Å². The fourth-order valence-electron chi connectivity index (χ4n) is 2.04. The fourth-order valence-corrected chi connectivity index (χ4v) is 2.04. The number of methoxy groups -OCH3 is 1. The van der Waals surface area contributed by atoms with Gasteiger partial charge in [-0.2, -0.15) is 0 Å². The van der Waals surface area contributed by atoms with E-state index in [1.807, 2.05) is 6.92 Å². The number of carbonyl (C=O) groups is 1. The third-order valence-electron chi connectivity index (χ3n) is 3.16. The van der Waals surface area contributed by atoms with Gasteiger partial charge in [0.2, 0.25) is 0 Å². The Morgan fingerprint density at radius 2 is 2.06 bits per heavy atom. The van der Waals surface area contributed by atoms with Crippen LogP contribution in [0.2, 0.25) is 0 Å². The minimum atomic E-state index is -0.184. The first-order valence-electron chi connectivity index (χ1n) is 6.36. The molecule has 1 rings (SSSR count). The van der Waals surface area contributed by atoms with Crippen LogP contribution in [-0.4, -0.2) is 43.0 Å². The lowest BCUT2D eigenvalue weighted by Gasteiger charge is -2.26. The second-order valence-corrected chi connectivity index (χ2v) is 4.81. The monoisotopic (exact) mass is 244 g/mol. The van der Waals surface area contributed by atoms with E-state index >= 15 is 0 Å². The van der Waals surface area contributed by atoms with Crippen molar-refractivity contribution >= 4 is 6.03 Å². The average Bonchev–Trinajstić information content (AvgIpc) is 2.29. The maximum Gasteiger partial charge on any atom is 0.315 e. The molecule has 5 heteroatoms. The van der Waals surface area contributed by atoms with Crippen LogP contribution < -0.4 is 10.6 Å². The standard InChI is InChI=1S/C12H24N2O3/c1-9(7-8-17-2)13-12(16)14-10-3-5-11(15)6-4-10/h9-11,15H,3-8H2,1-2H3,(H2,13,14,16). The molecule has 0 radical (unpaired) electrons. The molecule has 17 heavy (non-hydrogen) atoms. The lowest BCUT2D eigenvalue weighted by molar-refractivity contribution is 0.117. The zero-order valence-electron chi connectivity index (χ0n) is 10.7. The highest BCUT2D eigenvalue weighted by Crippen LogP contribution is 2.18. The highest BCUT2D eigenvalue weighted by molar-refractivity contribution is 5.74. The molecule has 3 N–H and O–H groups in total. The van der Waals surface area contributed by atoms with Gasteiger partial charge in [0.15, 0.2) is 0 Å². The number of aliphatic hydroxyl groups is 1. The molecule has 0 bridgehead atoms. The molecule has 0 saturated heterocycles.